The molecule has 3 saturated heterocycles. The van der Waals surface area contributed by atoms with Crippen LogP contribution in [0.1, 0.15) is 67.6 Å². The number of ketones is 1. The Kier molecular flexibility index (Phi) is 8.44. The van der Waals surface area contributed by atoms with Crippen molar-refractivity contribution in [3.8, 4) is 0 Å². The van der Waals surface area contributed by atoms with Crippen molar-refractivity contribution in [3.05, 3.63) is 46.2 Å². The normalized spacial score (nSPS) is 27.5. The number of carbonyl (C=O) groups excluding carboxylic acids is 2. The van der Waals surface area contributed by atoms with Crippen LogP contribution < -0.4 is 17.0 Å². The van der Waals surface area contributed by atoms with Crippen LogP contribution in [0.2, 0.25) is 0 Å². The van der Waals surface area contributed by atoms with Gasteiger partial charge in [0.2, 0.25) is 0 Å². The summed E-state index contributed by atoms with van der Waals surface area (Å²) in [6.07, 6.45) is 12.0. The third kappa shape index (κ3) is 5.70. The van der Waals surface area contributed by atoms with E-state index in [4.69, 9.17) is 4.74 Å². The molecule has 6 rings (SSSR count). The zero-order valence-corrected chi connectivity index (χ0v) is 23.0. The summed E-state index contributed by atoms with van der Waals surface area (Å²) in [5.74, 6) is 0.602. The van der Waals surface area contributed by atoms with Crippen LogP contribution in [0.3, 0.4) is 0 Å². The number of nitrogens with zero attached hydrogens (tertiary/aromatic N) is 3. The smallest absolute Gasteiger partial charge is 0.317 e. The molecular weight excluding hydrogens is 526 g/mol. The summed E-state index contributed by atoms with van der Waals surface area (Å²) in [5.41, 5.74) is 1.10. The molecule has 3 aliphatic heterocycles. The molecule has 190 valence electrons. The molecular formula is C27H36BrN3O3S. The Morgan fingerprint density at radius 2 is 1.86 bits per heavy atom. The molecule has 0 N–H and O–H groups in total. The monoisotopic (exact) mass is 561 g/mol. The van der Waals surface area contributed by atoms with Crippen LogP contribution >= 0.6 is 11.3 Å². The molecule has 6 nitrogen and oxygen atoms in total. The lowest BCUT2D eigenvalue weighted by molar-refractivity contribution is -0.939. The van der Waals surface area contributed by atoms with Crippen LogP contribution in [0, 0.1) is 12.8 Å². The zero-order chi connectivity index (χ0) is 23.6. The zero-order valence-electron chi connectivity index (χ0n) is 20.6. The van der Waals surface area contributed by atoms with E-state index >= 15 is 0 Å². The van der Waals surface area contributed by atoms with Gasteiger partial charge in [-0.05, 0) is 31.2 Å². The second-order valence-electron chi connectivity index (χ2n) is 10.7. The molecule has 2 bridgehead atoms. The number of aryl methyl sites for hydroxylation is 1. The Morgan fingerprint density at radius 3 is 2.49 bits per heavy atom. The molecule has 4 fully saturated rings. The number of esters is 1. The van der Waals surface area contributed by atoms with E-state index in [9.17, 15) is 9.59 Å². The number of halogens is 1. The van der Waals surface area contributed by atoms with Gasteiger partial charge in [-0.2, -0.15) is 0 Å². The van der Waals surface area contributed by atoms with Crippen LogP contribution in [0.15, 0.2) is 29.9 Å². The van der Waals surface area contributed by atoms with E-state index in [-0.39, 0.29) is 34.8 Å². The molecule has 0 radical (unpaired) electrons. The van der Waals surface area contributed by atoms with Crippen molar-refractivity contribution in [1.29, 1.82) is 0 Å². The maximum atomic E-state index is 13.8. The molecule has 1 saturated carbocycles. The highest BCUT2D eigenvalue weighted by molar-refractivity contribution is 7.10. The van der Waals surface area contributed by atoms with Crippen molar-refractivity contribution < 1.29 is 35.8 Å². The highest BCUT2D eigenvalue weighted by Crippen LogP contribution is 2.43. The number of Topliss-reactive ketones (excluding diaryl/α,β-unsaturated/α-hetero) is 1. The third-order valence-electron chi connectivity index (χ3n) is 8.37. The van der Waals surface area contributed by atoms with Crippen LogP contribution in [0.25, 0.3) is 0 Å². The number of rotatable bonds is 7. The molecule has 2 aromatic heterocycles. The van der Waals surface area contributed by atoms with Gasteiger partial charge in [0.15, 0.2) is 11.9 Å². The number of carbonyl (C=O) groups is 2. The molecule has 2 aromatic rings. The molecule has 0 aromatic carbocycles. The average Bonchev–Trinajstić information content (AvgIpc) is 3.26. The molecule has 0 amide bonds. The first-order valence-corrected chi connectivity index (χ1v) is 13.8. The topological polar surface area (TPSA) is 69.2 Å². The van der Waals surface area contributed by atoms with E-state index in [2.05, 4.69) is 27.5 Å². The van der Waals surface area contributed by atoms with E-state index < -0.39 is 5.41 Å². The number of piperidine rings is 3. The number of fused-ring (bicyclic) bond motifs is 3. The molecule has 0 spiro atoms. The van der Waals surface area contributed by atoms with Gasteiger partial charge in [-0.1, -0.05) is 31.7 Å². The van der Waals surface area contributed by atoms with Crippen molar-refractivity contribution in [2.24, 2.45) is 5.92 Å². The number of aromatic nitrogens is 2. The Labute approximate surface area is 222 Å². The van der Waals surface area contributed by atoms with Gasteiger partial charge in [0.1, 0.15) is 18.5 Å². The first kappa shape index (κ1) is 26.4. The Bertz CT molecular complexity index is 995. The van der Waals surface area contributed by atoms with Crippen molar-refractivity contribution in [2.45, 2.75) is 76.2 Å². The molecule has 1 atom stereocenters. The van der Waals surface area contributed by atoms with E-state index in [1.54, 1.807) is 23.7 Å². The van der Waals surface area contributed by atoms with E-state index in [0.717, 1.165) is 74.0 Å². The van der Waals surface area contributed by atoms with Gasteiger partial charge < -0.3 is 26.2 Å². The van der Waals surface area contributed by atoms with Crippen molar-refractivity contribution in [1.82, 2.24) is 9.97 Å². The number of ether oxygens (including phenoxy) is 1. The number of hydrogen-bond donors (Lipinski definition) is 0. The minimum absolute atomic E-state index is 0. The molecule has 8 heteroatoms. The Balaban J connectivity index is 0.00000289. The highest BCUT2D eigenvalue weighted by atomic mass is 79.9. The molecule has 0 unspecified atom stereocenters. The minimum Gasteiger partial charge on any atom is -1.00 e. The summed E-state index contributed by atoms with van der Waals surface area (Å²) in [6, 6.07) is 4.17. The first-order valence-electron chi connectivity index (χ1n) is 12.9. The summed E-state index contributed by atoms with van der Waals surface area (Å²) < 4.78 is 7.15. The minimum atomic E-state index is -0.485. The van der Waals surface area contributed by atoms with Gasteiger partial charge in [0.25, 0.3) is 0 Å². The van der Waals surface area contributed by atoms with Gasteiger partial charge in [-0.3, -0.25) is 19.6 Å². The van der Waals surface area contributed by atoms with E-state index in [1.165, 1.54) is 17.7 Å². The fourth-order valence-electron chi connectivity index (χ4n) is 6.40. The lowest BCUT2D eigenvalue weighted by Gasteiger charge is -2.52. The molecule has 5 heterocycles. The van der Waals surface area contributed by atoms with Gasteiger partial charge >= 0.3 is 5.97 Å². The van der Waals surface area contributed by atoms with Crippen LogP contribution in [-0.4, -0.2) is 58.5 Å². The summed E-state index contributed by atoms with van der Waals surface area (Å²) in [4.78, 5) is 36.6. The molecule has 4 aliphatic rings. The van der Waals surface area contributed by atoms with Gasteiger partial charge in [0.05, 0.1) is 30.9 Å². The molecule has 1 aliphatic carbocycles. The number of thiophene rings is 1. The standard InChI is InChI=1S/C27H36N3O3S.BrH/c1-20-16-29-22(17-28-20)15-23(31)18-30-12-8-21(9-13-30)24(19-30)33-26(32)27(25-7-6-14-34-25)10-4-2-3-5-11-27;/h6-7,14,16-17,21,24H,2-5,8-13,15,18-19H2,1H3;1H/q+1;/p-1/t21?,24-,30?;/m0./s1. The lowest BCUT2D eigenvalue weighted by atomic mass is 9.78. The van der Waals surface area contributed by atoms with Gasteiger partial charge in [-0.25, -0.2) is 0 Å². The summed E-state index contributed by atoms with van der Waals surface area (Å²) in [7, 11) is 0. The van der Waals surface area contributed by atoms with Gasteiger partial charge in [0, 0.05) is 36.0 Å². The number of hydrogen-bond acceptors (Lipinski definition) is 6. The largest absolute Gasteiger partial charge is 1.00 e. The number of quaternary nitrogens is 1. The second-order valence-corrected chi connectivity index (χ2v) is 11.7. The molecule has 35 heavy (non-hydrogen) atoms. The SMILES string of the molecule is Cc1cnc(CC(=O)C[N+]23CCC(CC2)[C@@H](OC(=O)C2(c4cccs4)CCCCCC2)C3)cn1.[Br-]. The fourth-order valence-corrected chi connectivity index (χ4v) is 7.38. The predicted octanol–water partition coefficient (Wildman–Crippen LogP) is 1.41. The van der Waals surface area contributed by atoms with E-state index in [0.29, 0.717) is 18.9 Å². The quantitative estimate of drug-likeness (QED) is 0.290. The summed E-state index contributed by atoms with van der Waals surface area (Å²) in [5, 5.41) is 2.08. The summed E-state index contributed by atoms with van der Waals surface area (Å²) in [6.45, 7) is 5.16. The lowest BCUT2D eigenvalue weighted by Crippen LogP contribution is -3.00. The first-order chi connectivity index (χ1) is 16.5. The predicted molar refractivity (Wildman–Crippen MR) is 132 cm³/mol. The van der Waals surface area contributed by atoms with Crippen molar-refractivity contribution in [2.75, 3.05) is 26.2 Å². The van der Waals surface area contributed by atoms with Gasteiger partial charge in [-0.15, -0.1) is 11.3 Å². The van der Waals surface area contributed by atoms with E-state index in [1.807, 2.05) is 6.92 Å². The summed E-state index contributed by atoms with van der Waals surface area (Å²) >= 11 is 1.69. The van der Waals surface area contributed by atoms with Crippen LogP contribution in [0.4, 0.5) is 0 Å². The maximum Gasteiger partial charge on any atom is 0.317 e. The Hall–Kier alpha value is -1.64. The third-order valence-corrected chi connectivity index (χ3v) is 9.44. The average molecular weight is 563 g/mol. The fraction of sp³-hybridized carbons (Fsp3) is 0.630. The Morgan fingerprint density at radius 1 is 1.11 bits per heavy atom. The van der Waals surface area contributed by atoms with Crippen molar-refractivity contribution in [3.63, 3.8) is 0 Å². The van der Waals surface area contributed by atoms with Crippen LogP contribution in [0.5, 0.6) is 0 Å². The van der Waals surface area contributed by atoms with Crippen LogP contribution in [-0.2, 0) is 26.2 Å². The highest BCUT2D eigenvalue weighted by Gasteiger charge is 2.51. The van der Waals surface area contributed by atoms with Crippen molar-refractivity contribution >= 4 is 23.1 Å². The maximum absolute atomic E-state index is 13.8. The second kappa shape index (κ2) is 11.2.